The molecule has 0 saturated carbocycles. The number of allylic oxidation sites excluding steroid dienone is 4. The lowest BCUT2D eigenvalue weighted by molar-refractivity contribution is 0.0200. The molecule has 0 aliphatic rings. The van der Waals surface area contributed by atoms with Gasteiger partial charge in [0.2, 0.25) is 0 Å². The molecular weight excluding hydrogens is 366 g/mol. The van der Waals surface area contributed by atoms with Gasteiger partial charge in [-0.1, -0.05) is 69.5 Å². The van der Waals surface area contributed by atoms with Gasteiger partial charge in [0.25, 0.3) is 5.92 Å². The van der Waals surface area contributed by atoms with E-state index in [0.717, 1.165) is 34.9 Å². The van der Waals surface area contributed by atoms with Gasteiger partial charge in [0.15, 0.2) is 0 Å². The van der Waals surface area contributed by atoms with Gasteiger partial charge in [0.1, 0.15) is 0 Å². The van der Waals surface area contributed by atoms with Crippen molar-refractivity contribution in [2.45, 2.75) is 46.6 Å². The monoisotopic (exact) mass is 400 g/mol. The van der Waals surface area contributed by atoms with Crippen molar-refractivity contribution >= 4 is 11.3 Å². The first kappa shape index (κ1) is 24.6. The Morgan fingerprint density at radius 2 is 1.90 bits per heavy atom. The van der Waals surface area contributed by atoms with Gasteiger partial charge in [-0.25, -0.2) is 8.78 Å². The molecule has 0 spiro atoms. The number of rotatable bonds is 11. The summed E-state index contributed by atoms with van der Waals surface area (Å²) in [6.07, 6.45) is 7.48. The van der Waals surface area contributed by atoms with Gasteiger partial charge in [0.05, 0.1) is 6.54 Å². The standard InChI is InChI=1S/C25H34F2N2/c1-9-11-19(6)22-14-18(5)12-13-23(22)29-20(7)21(10-2)15-24(17(3)4)28-16-25(8,26)27/h9-15,17,24,28-29H,2,6-7,16H2,1,3-5,8H3/b11-9-,21-15+. The quantitative estimate of drug-likeness (QED) is 0.395. The van der Waals surface area contributed by atoms with Crippen LogP contribution in [-0.2, 0) is 0 Å². The molecule has 1 rings (SSSR count). The van der Waals surface area contributed by atoms with Crippen molar-refractivity contribution < 1.29 is 8.78 Å². The van der Waals surface area contributed by atoms with Gasteiger partial charge in [0, 0.05) is 29.9 Å². The molecule has 0 aliphatic carbocycles. The Hall–Kier alpha value is -2.46. The maximum Gasteiger partial charge on any atom is 0.257 e. The van der Waals surface area contributed by atoms with E-state index in [1.165, 1.54) is 0 Å². The third kappa shape index (κ3) is 8.20. The maximum absolute atomic E-state index is 13.3. The molecule has 1 atom stereocenters. The minimum absolute atomic E-state index is 0.129. The molecule has 1 aromatic carbocycles. The number of anilines is 1. The predicted octanol–water partition coefficient (Wildman–Crippen LogP) is 6.89. The van der Waals surface area contributed by atoms with Crippen LogP contribution in [0.4, 0.5) is 14.5 Å². The topological polar surface area (TPSA) is 24.1 Å². The summed E-state index contributed by atoms with van der Waals surface area (Å²) in [5.74, 6) is -2.64. The van der Waals surface area contributed by atoms with Crippen LogP contribution in [0.3, 0.4) is 0 Å². The number of nitrogens with one attached hydrogen (secondary N) is 2. The molecule has 0 saturated heterocycles. The largest absolute Gasteiger partial charge is 0.355 e. The summed E-state index contributed by atoms with van der Waals surface area (Å²) in [4.78, 5) is 0. The van der Waals surface area contributed by atoms with Crippen LogP contribution >= 0.6 is 0 Å². The molecule has 0 aromatic heterocycles. The molecule has 0 bridgehead atoms. The first-order valence-electron chi connectivity index (χ1n) is 9.83. The van der Waals surface area contributed by atoms with Crippen molar-refractivity contribution in [2.75, 3.05) is 11.9 Å². The Labute approximate surface area is 174 Å². The number of hydrogen-bond donors (Lipinski definition) is 2. The summed E-state index contributed by atoms with van der Waals surface area (Å²) in [7, 11) is 0. The van der Waals surface area contributed by atoms with Crippen molar-refractivity contribution in [1.29, 1.82) is 0 Å². The van der Waals surface area contributed by atoms with Crippen molar-refractivity contribution in [2.24, 2.45) is 5.92 Å². The number of hydrogen-bond acceptors (Lipinski definition) is 2. The molecule has 29 heavy (non-hydrogen) atoms. The first-order valence-corrected chi connectivity index (χ1v) is 9.83. The Morgan fingerprint density at radius 1 is 1.24 bits per heavy atom. The molecule has 4 heteroatoms. The second kappa shape index (κ2) is 10.9. The summed E-state index contributed by atoms with van der Waals surface area (Å²) in [6.45, 7) is 20.6. The van der Waals surface area contributed by atoms with Crippen LogP contribution in [0.1, 0.15) is 38.8 Å². The number of benzene rings is 1. The fraction of sp³-hybridized carbons (Fsp3) is 0.360. The van der Waals surface area contributed by atoms with Crippen molar-refractivity contribution in [3.05, 3.63) is 84.6 Å². The van der Waals surface area contributed by atoms with Crippen LogP contribution in [0.15, 0.2) is 73.5 Å². The second-order valence-corrected chi connectivity index (χ2v) is 7.72. The highest BCUT2D eigenvalue weighted by atomic mass is 19.3. The first-order chi connectivity index (χ1) is 13.5. The lowest BCUT2D eigenvalue weighted by atomic mass is 9.98. The Morgan fingerprint density at radius 3 is 2.41 bits per heavy atom. The fourth-order valence-corrected chi connectivity index (χ4v) is 2.83. The van der Waals surface area contributed by atoms with E-state index in [1.807, 2.05) is 58.1 Å². The highest BCUT2D eigenvalue weighted by molar-refractivity contribution is 5.82. The molecule has 1 unspecified atom stereocenters. The van der Waals surface area contributed by atoms with E-state index >= 15 is 0 Å². The van der Waals surface area contributed by atoms with Gasteiger partial charge in [-0.15, -0.1) is 0 Å². The minimum atomic E-state index is -2.77. The lowest BCUT2D eigenvalue weighted by Crippen LogP contribution is -2.39. The molecule has 0 amide bonds. The summed E-state index contributed by atoms with van der Waals surface area (Å²) >= 11 is 0. The van der Waals surface area contributed by atoms with Crippen LogP contribution in [0, 0.1) is 12.8 Å². The number of alkyl halides is 2. The molecule has 0 aliphatic heterocycles. The summed E-state index contributed by atoms with van der Waals surface area (Å²) in [5, 5.41) is 6.27. The van der Waals surface area contributed by atoms with Crippen LogP contribution in [-0.4, -0.2) is 18.5 Å². The Bertz CT molecular complexity index is 796. The van der Waals surface area contributed by atoms with E-state index in [4.69, 9.17) is 0 Å². The second-order valence-electron chi connectivity index (χ2n) is 7.72. The SMILES string of the molecule is C=C/C(=C\C(NCC(C)(F)F)C(C)C)C(=C)Nc1ccc(C)cc1C(=C)/C=C\C. The third-order valence-electron chi connectivity index (χ3n) is 4.47. The summed E-state index contributed by atoms with van der Waals surface area (Å²) in [6, 6.07) is 5.84. The van der Waals surface area contributed by atoms with Gasteiger partial charge >= 0.3 is 0 Å². The average Bonchev–Trinajstić information content (AvgIpc) is 2.62. The third-order valence-corrected chi connectivity index (χ3v) is 4.47. The lowest BCUT2D eigenvalue weighted by Gasteiger charge is -2.23. The van der Waals surface area contributed by atoms with Crippen molar-refractivity contribution in [3.8, 4) is 0 Å². The van der Waals surface area contributed by atoms with Gasteiger partial charge in [-0.05, 0) is 43.0 Å². The van der Waals surface area contributed by atoms with Gasteiger partial charge in [-0.2, -0.15) is 0 Å². The highest BCUT2D eigenvalue weighted by Crippen LogP contribution is 2.28. The van der Waals surface area contributed by atoms with E-state index in [2.05, 4.69) is 36.4 Å². The molecule has 2 nitrogen and oxygen atoms in total. The molecular formula is C25H34F2N2. The fourth-order valence-electron chi connectivity index (χ4n) is 2.83. The molecule has 1 aromatic rings. The zero-order valence-electron chi connectivity index (χ0n) is 18.3. The summed E-state index contributed by atoms with van der Waals surface area (Å²) in [5.41, 5.74) is 5.30. The summed E-state index contributed by atoms with van der Waals surface area (Å²) < 4.78 is 26.6. The minimum Gasteiger partial charge on any atom is -0.355 e. The predicted molar refractivity (Wildman–Crippen MR) is 123 cm³/mol. The van der Waals surface area contributed by atoms with Crippen molar-refractivity contribution in [3.63, 3.8) is 0 Å². The van der Waals surface area contributed by atoms with Crippen molar-refractivity contribution in [1.82, 2.24) is 5.32 Å². The maximum atomic E-state index is 13.3. The van der Waals surface area contributed by atoms with E-state index in [1.54, 1.807) is 6.08 Å². The normalized spacial score (nSPS) is 13.6. The Balaban J connectivity index is 3.13. The number of halogens is 2. The van der Waals surface area contributed by atoms with E-state index < -0.39 is 5.92 Å². The number of aryl methyl sites for hydroxylation is 1. The van der Waals surface area contributed by atoms with E-state index in [0.29, 0.717) is 5.70 Å². The molecule has 0 radical (unpaired) electrons. The zero-order chi connectivity index (χ0) is 22.2. The Kier molecular flexibility index (Phi) is 9.25. The highest BCUT2D eigenvalue weighted by Gasteiger charge is 2.23. The average molecular weight is 401 g/mol. The van der Waals surface area contributed by atoms with E-state index in [9.17, 15) is 8.78 Å². The van der Waals surface area contributed by atoms with Crippen LogP contribution in [0.25, 0.3) is 5.57 Å². The van der Waals surface area contributed by atoms with Gasteiger partial charge in [-0.3, -0.25) is 0 Å². The van der Waals surface area contributed by atoms with Crippen LogP contribution in [0.2, 0.25) is 0 Å². The molecule has 158 valence electrons. The molecule has 0 heterocycles. The zero-order valence-corrected chi connectivity index (χ0v) is 18.3. The van der Waals surface area contributed by atoms with Crippen LogP contribution in [0.5, 0.6) is 0 Å². The molecule has 0 fully saturated rings. The molecule has 2 N–H and O–H groups in total. The smallest absolute Gasteiger partial charge is 0.257 e. The van der Waals surface area contributed by atoms with E-state index in [-0.39, 0.29) is 18.5 Å². The van der Waals surface area contributed by atoms with Crippen LogP contribution < -0.4 is 10.6 Å². The van der Waals surface area contributed by atoms with Gasteiger partial charge < -0.3 is 10.6 Å².